The zero-order valence-electron chi connectivity index (χ0n) is 17.8. The van der Waals surface area contributed by atoms with Crippen LogP contribution in [-0.4, -0.2) is 18.8 Å². The van der Waals surface area contributed by atoms with E-state index in [1.54, 1.807) is 49.6 Å². The van der Waals surface area contributed by atoms with Crippen LogP contribution in [0.25, 0.3) is 6.08 Å². The monoisotopic (exact) mass is 426 g/mol. The summed E-state index contributed by atoms with van der Waals surface area (Å²) in [7, 11) is 1.54. The van der Waals surface area contributed by atoms with Crippen LogP contribution in [0.4, 0.5) is 5.69 Å². The van der Waals surface area contributed by atoms with E-state index in [9.17, 15) is 14.9 Å². The third-order valence-corrected chi connectivity index (χ3v) is 4.66. The highest BCUT2D eigenvalue weighted by Gasteiger charge is 2.14. The van der Waals surface area contributed by atoms with Gasteiger partial charge < -0.3 is 14.8 Å². The number of ether oxygens (including phenoxy) is 2. The van der Waals surface area contributed by atoms with Crippen molar-refractivity contribution in [1.29, 1.82) is 5.26 Å². The molecule has 1 N–H and O–H groups in total. The van der Waals surface area contributed by atoms with Gasteiger partial charge in [0.1, 0.15) is 18.2 Å². The number of amides is 1. The Morgan fingerprint density at radius 3 is 2.41 bits per heavy atom. The van der Waals surface area contributed by atoms with E-state index in [1.165, 1.54) is 13.0 Å². The Labute approximate surface area is 186 Å². The summed E-state index contributed by atoms with van der Waals surface area (Å²) >= 11 is 0. The lowest BCUT2D eigenvalue weighted by molar-refractivity contribution is -0.112. The molecule has 0 saturated heterocycles. The number of ketones is 1. The molecule has 0 aliphatic rings. The van der Waals surface area contributed by atoms with E-state index < -0.39 is 5.91 Å². The Balaban J connectivity index is 1.83. The summed E-state index contributed by atoms with van der Waals surface area (Å²) in [5.74, 6) is 0.240. The van der Waals surface area contributed by atoms with E-state index in [0.717, 1.165) is 5.56 Å². The van der Waals surface area contributed by atoms with Crippen LogP contribution in [0.5, 0.6) is 11.5 Å². The van der Waals surface area contributed by atoms with Crippen molar-refractivity contribution in [1.82, 2.24) is 0 Å². The van der Waals surface area contributed by atoms with Crippen molar-refractivity contribution in [3.63, 3.8) is 0 Å². The van der Waals surface area contributed by atoms with E-state index >= 15 is 0 Å². The maximum absolute atomic E-state index is 12.7. The van der Waals surface area contributed by atoms with E-state index in [4.69, 9.17) is 9.47 Å². The van der Waals surface area contributed by atoms with Gasteiger partial charge in [0.15, 0.2) is 17.3 Å². The highest BCUT2D eigenvalue weighted by molar-refractivity contribution is 6.12. The number of nitrogens with one attached hydrogen (secondary N) is 1. The maximum Gasteiger partial charge on any atom is 0.266 e. The highest BCUT2D eigenvalue weighted by Crippen LogP contribution is 2.30. The van der Waals surface area contributed by atoms with Gasteiger partial charge in [-0.1, -0.05) is 48.5 Å². The molecular weight excluding hydrogens is 404 g/mol. The average Bonchev–Trinajstić information content (AvgIpc) is 2.82. The number of hydrogen-bond acceptors (Lipinski definition) is 5. The molecule has 32 heavy (non-hydrogen) atoms. The van der Waals surface area contributed by atoms with Gasteiger partial charge in [0.25, 0.3) is 5.91 Å². The largest absolute Gasteiger partial charge is 0.493 e. The predicted octanol–water partition coefficient (Wildman–Crippen LogP) is 5.02. The van der Waals surface area contributed by atoms with E-state index in [0.29, 0.717) is 34.9 Å². The van der Waals surface area contributed by atoms with Crippen LogP contribution >= 0.6 is 0 Å². The molecule has 0 spiro atoms. The fourth-order valence-electron chi connectivity index (χ4n) is 3.04. The lowest BCUT2D eigenvalue weighted by Gasteiger charge is -2.12. The minimum Gasteiger partial charge on any atom is -0.493 e. The predicted molar refractivity (Wildman–Crippen MR) is 122 cm³/mol. The average molecular weight is 426 g/mol. The normalized spacial score (nSPS) is 10.7. The molecular formula is C26H22N2O4. The molecule has 0 heterocycles. The van der Waals surface area contributed by atoms with E-state index in [1.807, 2.05) is 36.4 Å². The Hall–Kier alpha value is -4.37. The molecule has 0 aliphatic carbocycles. The molecule has 0 saturated carbocycles. The topological polar surface area (TPSA) is 88.4 Å². The molecule has 0 unspecified atom stereocenters. The van der Waals surface area contributed by atoms with Crippen LogP contribution in [0.3, 0.4) is 0 Å². The van der Waals surface area contributed by atoms with Crippen molar-refractivity contribution in [3.05, 3.63) is 95.1 Å². The maximum atomic E-state index is 12.7. The van der Waals surface area contributed by atoms with Crippen molar-refractivity contribution in [2.24, 2.45) is 0 Å². The minimum atomic E-state index is -0.608. The lowest BCUT2D eigenvalue weighted by Crippen LogP contribution is -2.15. The van der Waals surface area contributed by atoms with Crippen molar-refractivity contribution in [2.45, 2.75) is 13.5 Å². The van der Waals surface area contributed by atoms with Gasteiger partial charge in [-0.25, -0.2) is 0 Å². The molecule has 6 nitrogen and oxygen atoms in total. The van der Waals surface area contributed by atoms with Crippen LogP contribution in [0.1, 0.15) is 28.4 Å². The van der Waals surface area contributed by atoms with Crippen LogP contribution in [-0.2, 0) is 11.4 Å². The van der Waals surface area contributed by atoms with E-state index in [2.05, 4.69) is 5.32 Å². The van der Waals surface area contributed by atoms with Gasteiger partial charge in [-0.15, -0.1) is 0 Å². The fourth-order valence-corrected chi connectivity index (χ4v) is 3.04. The molecule has 0 atom stereocenters. The van der Waals surface area contributed by atoms with E-state index in [-0.39, 0.29) is 11.4 Å². The smallest absolute Gasteiger partial charge is 0.266 e. The van der Waals surface area contributed by atoms with Crippen LogP contribution in [0, 0.1) is 11.3 Å². The summed E-state index contributed by atoms with van der Waals surface area (Å²) in [6.07, 6.45) is 1.46. The first kappa shape index (κ1) is 22.3. The first-order valence-corrected chi connectivity index (χ1v) is 9.89. The molecule has 0 fully saturated rings. The first-order valence-electron chi connectivity index (χ1n) is 9.89. The Morgan fingerprint density at radius 2 is 1.72 bits per heavy atom. The molecule has 3 aromatic rings. The number of benzene rings is 3. The Kier molecular flexibility index (Phi) is 7.39. The quantitative estimate of drug-likeness (QED) is 0.310. The first-order chi connectivity index (χ1) is 15.5. The van der Waals surface area contributed by atoms with Crippen molar-refractivity contribution < 1.29 is 19.1 Å². The molecule has 6 heteroatoms. The molecule has 160 valence electrons. The summed E-state index contributed by atoms with van der Waals surface area (Å²) in [5.41, 5.74) is 2.21. The lowest BCUT2D eigenvalue weighted by atomic mass is 10.1. The van der Waals surface area contributed by atoms with Crippen molar-refractivity contribution >= 4 is 23.5 Å². The Bertz CT molecular complexity index is 1190. The number of rotatable bonds is 8. The van der Waals surface area contributed by atoms with Gasteiger partial charge in [0.2, 0.25) is 0 Å². The van der Waals surface area contributed by atoms with Crippen molar-refractivity contribution in [2.75, 3.05) is 12.4 Å². The van der Waals surface area contributed by atoms with Crippen LogP contribution in [0.15, 0.2) is 78.4 Å². The third-order valence-electron chi connectivity index (χ3n) is 4.66. The number of anilines is 1. The summed E-state index contributed by atoms with van der Waals surface area (Å²) in [6, 6.07) is 23.4. The second kappa shape index (κ2) is 10.6. The number of carbonyl (C=O) groups is 2. The van der Waals surface area contributed by atoms with Gasteiger partial charge >= 0.3 is 0 Å². The minimum absolute atomic E-state index is 0.109. The Morgan fingerprint density at radius 1 is 1.00 bits per heavy atom. The number of carbonyl (C=O) groups excluding carboxylic acids is 2. The number of nitrogens with zero attached hydrogens (tertiary/aromatic N) is 1. The fraction of sp³-hybridized carbons (Fsp3) is 0.115. The third kappa shape index (κ3) is 5.61. The van der Waals surface area contributed by atoms with Gasteiger partial charge in [0.05, 0.1) is 12.8 Å². The highest BCUT2D eigenvalue weighted by atomic mass is 16.5. The SMILES string of the molecule is COc1ccc(/C=C(/C#N)C(=O)Nc2ccccc2C(C)=O)cc1OCc1ccccc1. The number of methoxy groups -OCH3 is 1. The summed E-state index contributed by atoms with van der Waals surface area (Å²) < 4.78 is 11.3. The van der Waals surface area contributed by atoms with Gasteiger partial charge in [-0.3, -0.25) is 9.59 Å². The van der Waals surface area contributed by atoms with Gasteiger partial charge in [-0.2, -0.15) is 5.26 Å². The molecule has 3 rings (SSSR count). The van der Waals surface area contributed by atoms with Gasteiger partial charge in [-0.05, 0) is 48.4 Å². The summed E-state index contributed by atoms with van der Waals surface area (Å²) in [4.78, 5) is 24.5. The second-order valence-electron chi connectivity index (χ2n) is 6.91. The molecule has 0 aliphatic heterocycles. The molecule has 0 bridgehead atoms. The number of nitriles is 1. The van der Waals surface area contributed by atoms with Crippen LogP contribution < -0.4 is 14.8 Å². The van der Waals surface area contributed by atoms with Crippen LogP contribution in [0.2, 0.25) is 0 Å². The number of para-hydroxylation sites is 1. The second-order valence-corrected chi connectivity index (χ2v) is 6.91. The molecule has 3 aromatic carbocycles. The van der Waals surface area contributed by atoms with Crippen molar-refractivity contribution in [3.8, 4) is 17.6 Å². The zero-order valence-corrected chi connectivity index (χ0v) is 17.8. The summed E-state index contributed by atoms with van der Waals surface area (Å²) in [5, 5.41) is 12.2. The zero-order chi connectivity index (χ0) is 22.9. The number of Topliss-reactive ketones (excluding diaryl/α,β-unsaturated/α-hetero) is 1. The molecule has 1 amide bonds. The van der Waals surface area contributed by atoms with Gasteiger partial charge in [0, 0.05) is 5.56 Å². The number of hydrogen-bond donors (Lipinski definition) is 1. The standard InChI is InChI=1S/C26H22N2O4/c1-18(29)22-10-6-7-11-23(22)28-26(30)21(16-27)14-20-12-13-24(31-2)25(15-20)32-17-19-8-4-3-5-9-19/h3-15H,17H2,1-2H3,(H,28,30)/b21-14-. The molecule has 0 radical (unpaired) electrons. The molecule has 0 aromatic heterocycles. The summed E-state index contributed by atoms with van der Waals surface area (Å²) in [6.45, 7) is 1.76.